The number of esters is 1. The van der Waals surface area contributed by atoms with Gasteiger partial charge in [0.25, 0.3) is 5.09 Å². The van der Waals surface area contributed by atoms with Gasteiger partial charge in [-0.1, -0.05) is 30.7 Å². The van der Waals surface area contributed by atoms with E-state index in [-0.39, 0.29) is 18.5 Å². The highest BCUT2D eigenvalue weighted by Crippen LogP contribution is 2.25. The molecule has 1 atom stereocenters. The summed E-state index contributed by atoms with van der Waals surface area (Å²) in [6.45, 7) is 2.30. The Balaban J connectivity index is 1.76. The Morgan fingerprint density at radius 2 is 1.70 bits per heavy atom. The smallest absolute Gasteiger partial charge is 0.313 e. The van der Waals surface area contributed by atoms with E-state index in [1.807, 2.05) is 43.3 Å². The topological polar surface area (TPSA) is 87.9 Å². The molecule has 146 valence electrons. The maximum Gasteiger partial charge on any atom is 0.313 e. The first-order valence-electron chi connectivity index (χ1n) is 9.03. The van der Waals surface area contributed by atoms with Crippen LogP contribution in [0.5, 0.6) is 5.75 Å². The molecule has 0 saturated heterocycles. The fraction of sp³-hybridized carbons (Fsp3) is 0.450. The summed E-state index contributed by atoms with van der Waals surface area (Å²) in [5.41, 5.74) is 0.912. The standard InChI is InChI=1S/C20H25NO6/c1-15(20(22)26-11-5-3-4-6-12-27-21(23)24)16-7-8-18-14-19(25-2)10-9-17(18)13-16/h7-10,13-15H,3-6,11-12H2,1-2H3. The second-order valence-corrected chi connectivity index (χ2v) is 6.33. The van der Waals surface area contributed by atoms with Crippen LogP contribution in [0, 0.1) is 10.1 Å². The van der Waals surface area contributed by atoms with Crippen molar-refractivity contribution in [1.82, 2.24) is 0 Å². The third-order valence-corrected chi connectivity index (χ3v) is 4.40. The summed E-state index contributed by atoms with van der Waals surface area (Å²) in [4.78, 5) is 26.5. The minimum atomic E-state index is -0.785. The largest absolute Gasteiger partial charge is 0.497 e. The summed E-state index contributed by atoms with van der Waals surface area (Å²) in [6.07, 6.45) is 2.98. The number of unbranched alkanes of at least 4 members (excludes halogenated alkanes) is 3. The lowest BCUT2D eigenvalue weighted by molar-refractivity contribution is -0.757. The molecule has 2 aromatic rings. The number of fused-ring (bicyclic) bond motifs is 1. The van der Waals surface area contributed by atoms with Gasteiger partial charge in [0.05, 0.1) is 26.2 Å². The van der Waals surface area contributed by atoms with Gasteiger partial charge in [-0.2, -0.15) is 0 Å². The molecule has 0 N–H and O–H groups in total. The molecule has 0 bridgehead atoms. The number of benzene rings is 2. The molecule has 0 aliphatic carbocycles. The van der Waals surface area contributed by atoms with Crippen LogP contribution in [0.25, 0.3) is 10.8 Å². The molecule has 27 heavy (non-hydrogen) atoms. The zero-order valence-corrected chi connectivity index (χ0v) is 15.7. The van der Waals surface area contributed by atoms with Gasteiger partial charge in [0.1, 0.15) is 5.75 Å². The SMILES string of the molecule is COc1ccc2cc(C(C)C(=O)OCCCCCCO[N+](=O)[O-])ccc2c1. The normalized spacial score (nSPS) is 11.8. The zero-order valence-electron chi connectivity index (χ0n) is 15.7. The molecule has 0 fully saturated rings. The third-order valence-electron chi connectivity index (χ3n) is 4.40. The van der Waals surface area contributed by atoms with Crippen molar-refractivity contribution in [3.63, 3.8) is 0 Å². The second-order valence-electron chi connectivity index (χ2n) is 6.33. The molecule has 0 radical (unpaired) electrons. The average molecular weight is 375 g/mol. The lowest BCUT2D eigenvalue weighted by atomic mass is 9.98. The minimum absolute atomic E-state index is 0.109. The van der Waals surface area contributed by atoms with Gasteiger partial charge in [0.15, 0.2) is 0 Å². The minimum Gasteiger partial charge on any atom is -0.497 e. The molecule has 0 aliphatic rings. The Bertz CT molecular complexity index is 776. The van der Waals surface area contributed by atoms with Crippen LogP contribution in [0.2, 0.25) is 0 Å². The molecule has 2 aromatic carbocycles. The number of methoxy groups -OCH3 is 1. The highest BCUT2D eigenvalue weighted by Gasteiger charge is 2.17. The van der Waals surface area contributed by atoms with Crippen LogP contribution >= 0.6 is 0 Å². The first-order valence-corrected chi connectivity index (χ1v) is 9.03. The first kappa shape index (κ1) is 20.5. The lowest BCUT2D eigenvalue weighted by Crippen LogP contribution is -2.14. The van der Waals surface area contributed by atoms with E-state index in [1.165, 1.54) is 0 Å². The van der Waals surface area contributed by atoms with E-state index in [0.29, 0.717) is 13.0 Å². The Morgan fingerprint density at radius 1 is 1.04 bits per heavy atom. The van der Waals surface area contributed by atoms with Crippen LogP contribution < -0.4 is 4.74 Å². The molecule has 0 aliphatic heterocycles. The quantitative estimate of drug-likeness (QED) is 0.252. The fourth-order valence-corrected chi connectivity index (χ4v) is 2.77. The van der Waals surface area contributed by atoms with E-state index < -0.39 is 5.09 Å². The van der Waals surface area contributed by atoms with E-state index in [1.54, 1.807) is 7.11 Å². The number of hydrogen-bond donors (Lipinski definition) is 0. The predicted octanol–water partition coefficient (Wildman–Crippen LogP) is 4.26. The van der Waals surface area contributed by atoms with Crippen molar-refractivity contribution in [2.45, 2.75) is 38.5 Å². The summed E-state index contributed by atoms with van der Waals surface area (Å²) in [7, 11) is 1.63. The molecule has 0 heterocycles. The number of carbonyl (C=O) groups excluding carboxylic acids is 1. The van der Waals surface area contributed by atoms with E-state index in [4.69, 9.17) is 9.47 Å². The van der Waals surface area contributed by atoms with Crippen molar-refractivity contribution >= 4 is 16.7 Å². The van der Waals surface area contributed by atoms with E-state index in [9.17, 15) is 14.9 Å². The monoisotopic (exact) mass is 375 g/mol. The number of hydrogen-bond acceptors (Lipinski definition) is 6. The van der Waals surface area contributed by atoms with Gasteiger partial charge in [0, 0.05) is 0 Å². The third kappa shape index (κ3) is 6.44. The molecule has 0 aromatic heterocycles. The maximum atomic E-state index is 12.3. The number of nitrogens with zero attached hydrogens (tertiary/aromatic N) is 1. The van der Waals surface area contributed by atoms with Crippen LogP contribution in [0.3, 0.4) is 0 Å². The molecule has 0 spiro atoms. The number of ether oxygens (including phenoxy) is 2. The first-order chi connectivity index (χ1) is 13.0. The average Bonchev–Trinajstić information content (AvgIpc) is 2.68. The fourth-order valence-electron chi connectivity index (χ4n) is 2.77. The Morgan fingerprint density at radius 3 is 2.41 bits per heavy atom. The van der Waals surface area contributed by atoms with Crippen molar-refractivity contribution in [2.75, 3.05) is 20.3 Å². The van der Waals surface area contributed by atoms with Gasteiger partial charge >= 0.3 is 5.97 Å². The van der Waals surface area contributed by atoms with Crippen LogP contribution in [0.4, 0.5) is 0 Å². The van der Waals surface area contributed by atoms with Crippen molar-refractivity contribution in [3.05, 3.63) is 52.1 Å². The zero-order chi connectivity index (χ0) is 19.6. The highest BCUT2D eigenvalue weighted by molar-refractivity contribution is 5.86. The van der Waals surface area contributed by atoms with Crippen LogP contribution in [-0.4, -0.2) is 31.4 Å². The molecule has 2 rings (SSSR count). The van der Waals surface area contributed by atoms with Crippen molar-refractivity contribution < 1.29 is 24.2 Å². The lowest BCUT2D eigenvalue weighted by Gasteiger charge is -2.13. The Labute approximate surface area is 158 Å². The van der Waals surface area contributed by atoms with E-state index in [2.05, 4.69) is 4.84 Å². The van der Waals surface area contributed by atoms with Crippen molar-refractivity contribution in [3.8, 4) is 5.75 Å². The van der Waals surface area contributed by atoms with Gasteiger partial charge in [-0.15, -0.1) is 10.1 Å². The van der Waals surface area contributed by atoms with Crippen LogP contribution in [0.1, 0.15) is 44.1 Å². The second kappa shape index (κ2) is 10.4. The van der Waals surface area contributed by atoms with E-state index >= 15 is 0 Å². The predicted molar refractivity (Wildman–Crippen MR) is 101 cm³/mol. The summed E-state index contributed by atoms with van der Waals surface area (Å²) < 4.78 is 10.6. The summed E-state index contributed by atoms with van der Waals surface area (Å²) in [6, 6.07) is 11.7. The van der Waals surface area contributed by atoms with Gasteiger partial charge in [-0.05, 0) is 54.7 Å². The van der Waals surface area contributed by atoms with Crippen LogP contribution in [-0.2, 0) is 14.4 Å². The molecule has 0 saturated carbocycles. The molecular weight excluding hydrogens is 350 g/mol. The number of rotatable bonds is 11. The summed E-state index contributed by atoms with van der Waals surface area (Å²) in [5, 5.41) is 11.3. The summed E-state index contributed by atoms with van der Waals surface area (Å²) in [5.74, 6) is 0.206. The molecule has 1 unspecified atom stereocenters. The Kier molecular flexibility index (Phi) is 7.85. The summed E-state index contributed by atoms with van der Waals surface area (Å²) >= 11 is 0. The highest BCUT2D eigenvalue weighted by atomic mass is 16.9. The van der Waals surface area contributed by atoms with E-state index in [0.717, 1.165) is 41.3 Å². The maximum absolute atomic E-state index is 12.3. The van der Waals surface area contributed by atoms with Gasteiger partial charge in [-0.25, -0.2) is 0 Å². The van der Waals surface area contributed by atoms with Crippen LogP contribution in [0.15, 0.2) is 36.4 Å². The van der Waals surface area contributed by atoms with Gasteiger partial charge in [0.2, 0.25) is 0 Å². The van der Waals surface area contributed by atoms with Gasteiger partial charge < -0.3 is 14.3 Å². The molecule has 7 nitrogen and oxygen atoms in total. The molecular formula is C20H25NO6. The number of carbonyl (C=O) groups is 1. The molecule has 7 heteroatoms. The molecule has 0 amide bonds. The van der Waals surface area contributed by atoms with Crippen molar-refractivity contribution in [2.24, 2.45) is 0 Å². The van der Waals surface area contributed by atoms with Gasteiger partial charge in [-0.3, -0.25) is 4.79 Å². The van der Waals surface area contributed by atoms with Crippen molar-refractivity contribution in [1.29, 1.82) is 0 Å². The Hall–Kier alpha value is -2.83.